The molecular weight excluding hydrogens is 240 g/mol. The van der Waals surface area contributed by atoms with Crippen LogP contribution in [0, 0.1) is 0 Å². The maximum Gasteiger partial charge on any atom is 0.0239 e. The number of nitrogens with two attached hydrogens (primary N) is 1. The number of piperazine rings is 1. The summed E-state index contributed by atoms with van der Waals surface area (Å²) in [5.41, 5.74) is 0.118. The average molecular weight is 266 g/mol. The number of hydrogen-bond acceptors (Lipinski definition) is 6. The lowest BCUT2D eigenvalue weighted by atomic mass is 9.96. The SMILES string of the molecule is CC(CC(C)(C)NS)N1CCNCC1.NS. The first-order chi connectivity index (χ1) is 7.55. The van der Waals surface area contributed by atoms with Crippen LogP contribution in [0.15, 0.2) is 0 Å². The number of thiol groups is 2. The van der Waals surface area contributed by atoms with Crippen molar-refractivity contribution in [2.75, 3.05) is 26.2 Å². The van der Waals surface area contributed by atoms with E-state index in [-0.39, 0.29) is 5.54 Å². The third kappa shape index (κ3) is 6.32. The summed E-state index contributed by atoms with van der Waals surface area (Å²) >= 11 is 7.19. The lowest BCUT2D eigenvalue weighted by Crippen LogP contribution is -2.50. The Hall–Kier alpha value is 0.540. The average Bonchev–Trinajstić information content (AvgIpc) is 2.32. The first kappa shape index (κ1) is 16.5. The summed E-state index contributed by atoms with van der Waals surface area (Å²) in [6, 6.07) is 0.631. The molecular formula is C10H26N4S2. The maximum atomic E-state index is 4.19. The fourth-order valence-electron chi connectivity index (χ4n) is 2.04. The van der Waals surface area contributed by atoms with E-state index in [1.165, 1.54) is 13.1 Å². The molecule has 0 aliphatic carbocycles. The summed E-state index contributed by atoms with van der Waals surface area (Å²) in [7, 11) is 0. The Kier molecular flexibility index (Phi) is 8.90. The molecule has 0 aromatic heterocycles. The highest BCUT2D eigenvalue weighted by atomic mass is 32.1. The summed E-state index contributed by atoms with van der Waals surface area (Å²) < 4.78 is 3.06. The van der Waals surface area contributed by atoms with Crippen LogP contribution >= 0.6 is 25.6 Å². The Labute approximate surface area is 111 Å². The number of nitrogens with zero attached hydrogens (tertiary/aromatic N) is 1. The molecule has 0 aromatic rings. The predicted octanol–water partition coefficient (Wildman–Crippen LogP) is 0.673. The van der Waals surface area contributed by atoms with E-state index in [9.17, 15) is 0 Å². The van der Waals surface area contributed by atoms with Gasteiger partial charge in [-0.1, -0.05) is 12.8 Å². The van der Waals surface area contributed by atoms with Crippen LogP contribution in [0.2, 0.25) is 0 Å². The van der Waals surface area contributed by atoms with Crippen molar-refractivity contribution in [2.45, 2.75) is 38.8 Å². The van der Waals surface area contributed by atoms with Crippen LogP contribution in [0.3, 0.4) is 0 Å². The molecule has 1 atom stereocenters. The van der Waals surface area contributed by atoms with E-state index in [1.807, 2.05) is 0 Å². The Balaban J connectivity index is 0.00000106. The Morgan fingerprint density at radius 1 is 1.38 bits per heavy atom. The number of hydrogen-bond donors (Lipinski definition) is 5. The van der Waals surface area contributed by atoms with Gasteiger partial charge >= 0.3 is 0 Å². The molecule has 4 nitrogen and oxygen atoms in total. The summed E-state index contributed by atoms with van der Waals surface area (Å²) in [5.74, 6) is 0. The molecule has 0 saturated carbocycles. The zero-order valence-corrected chi connectivity index (χ0v) is 12.3. The first-order valence-electron chi connectivity index (χ1n) is 5.67. The van der Waals surface area contributed by atoms with Crippen molar-refractivity contribution in [3.05, 3.63) is 0 Å². The number of rotatable bonds is 4. The zero-order chi connectivity index (χ0) is 12.6. The van der Waals surface area contributed by atoms with E-state index in [4.69, 9.17) is 0 Å². The summed E-state index contributed by atoms with van der Waals surface area (Å²) in [6.45, 7) is 11.3. The minimum absolute atomic E-state index is 0.118. The van der Waals surface area contributed by atoms with Crippen molar-refractivity contribution >= 4 is 25.6 Å². The smallest absolute Gasteiger partial charge is 0.0239 e. The molecule has 1 unspecified atom stereocenters. The molecule has 0 radical (unpaired) electrons. The minimum Gasteiger partial charge on any atom is -0.314 e. The van der Waals surface area contributed by atoms with Crippen LogP contribution < -0.4 is 15.2 Å². The van der Waals surface area contributed by atoms with Gasteiger partial charge in [-0.25, -0.2) is 0 Å². The Bertz CT molecular complexity index is 172. The van der Waals surface area contributed by atoms with Gasteiger partial charge in [0, 0.05) is 37.8 Å². The molecule has 1 fully saturated rings. The molecule has 1 aliphatic heterocycles. The van der Waals surface area contributed by atoms with E-state index in [0.29, 0.717) is 6.04 Å². The van der Waals surface area contributed by atoms with Crippen LogP contribution in [0.5, 0.6) is 0 Å². The van der Waals surface area contributed by atoms with Crippen molar-refractivity contribution in [3.63, 3.8) is 0 Å². The van der Waals surface area contributed by atoms with Gasteiger partial charge in [0.2, 0.25) is 0 Å². The lowest BCUT2D eigenvalue weighted by Gasteiger charge is -2.37. The molecule has 4 N–H and O–H groups in total. The van der Waals surface area contributed by atoms with Gasteiger partial charge in [-0.15, -0.1) is 12.8 Å². The first-order valence-corrected chi connectivity index (χ1v) is 6.63. The van der Waals surface area contributed by atoms with Crippen LogP contribution in [0.4, 0.5) is 0 Å². The van der Waals surface area contributed by atoms with Crippen LogP contribution in [0.1, 0.15) is 27.2 Å². The summed E-state index contributed by atoms with van der Waals surface area (Å²) in [6.07, 6.45) is 1.14. The van der Waals surface area contributed by atoms with Gasteiger partial charge in [-0.3, -0.25) is 14.8 Å². The molecule has 16 heavy (non-hydrogen) atoms. The van der Waals surface area contributed by atoms with Gasteiger partial charge in [0.05, 0.1) is 0 Å². The van der Waals surface area contributed by atoms with Gasteiger partial charge in [-0.05, 0) is 27.2 Å². The number of nitrogens with one attached hydrogen (secondary N) is 2. The monoisotopic (exact) mass is 266 g/mol. The molecule has 0 amide bonds. The maximum absolute atomic E-state index is 4.19. The quantitative estimate of drug-likeness (QED) is 0.486. The highest BCUT2D eigenvalue weighted by Gasteiger charge is 2.24. The standard InChI is InChI=1S/C10H23N3S.H3NS/c1-9(8-10(2,3)12-14)13-6-4-11-5-7-13;1-2/h9,11-12,14H,4-8H2,1-3H3;2H,1H2. The molecule has 1 heterocycles. The molecule has 1 saturated heterocycles. The third-order valence-corrected chi connectivity index (χ3v) is 3.49. The third-order valence-electron chi connectivity index (χ3n) is 2.88. The van der Waals surface area contributed by atoms with Crippen LogP contribution in [0.25, 0.3) is 0 Å². The summed E-state index contributed by atoms with van der Waals surface area (Å²) in [5, 5.41) is 7.57. The predicted molar refractivity (Wildman–Crippen MR) is 77.9 cm³/mol. The molecule has 0 bridgehead atoms. The van der Waals surface area contributed by atoms with E-state index in [2.05, 4.69) is 66.5 Å². The second kappa shape index (κ2) is 8.60. The molecule has 98 valence electrons. The Morgan fingerprint density at radius 2 is 1.88 bits per heavy atom. The highest BCUT2D eigenvalue weighted by molar-refractivity contribution is 7.78. The fraction of sp³-hybridized carbons (Fsp3) is 1.00. The van der Waals surface area contributed by atoms with Crippen molar-refractivity contribution in [3.8, 4) is 0 Å². The van der Waals surface area contributed by atoms with E-state index < -0.39 is 0 Å². The van der Waals surface area contributed by atoms with E-state index in [0.717, 1.165) is 19.5 Å². The highest BCUT2D eigenvalue weighted by Crippen LogP contribution is 2.16. The van der Waals surface area contributed by atoms with Crippen molar-refractivity contribution in [2.24, 2.45) is 5.14 Å². The van der Waals surface area contributed by atoms with Crippen molar-refractivity contribution in [1.29, 1.82) is 0 Å². The topological polar surface area (TPSA) is 53.3 Å². The molecule has 1 aliphatic rings. The minimum atomic E-state index is 0.118. The van der Waals surface area contributed by atoms with Gasteiger partial charge < -0.3 is 5.32 Å². The molecule has 0 spiro atoms. The van der Waals surface area contributed by atoms with Gasteiger partial charge in [0.15, 0.2) is 0 Å². The van der Waals surface area contributed by atoms with E-state index in [1.54, 1.807) is 0 Å². The Morgan fingerprint density at radius 3 is 2.31 bits per heavy atom. The second-order valence-electron chi connectivity index (χ2n) is 4.83. The van der Waals surface area contributed by atoms with Crippen LogP contribution in [-0.2, 0) is 0 Å². The van der Waals surface area contributed by atoms with E-state index >= 15 is 0 Å². The van der Waals surface area contributed by atoms with Crippen molar-refractivity contribution < 1.29 is 0 Å². The fourth-order valence-corrected chi connectivity index (χ4v) is 2.13. The lowest BCUT2D eigenvalue weighted by molar-refractivity contribution is 0.156. The molecule has 1 rings (SSSR count). The van der Waals surface area contributed by atoms with Crippen LogP contribution in [-0.4, -0.2) is 42.7 Å². The van der Waals surface area contributed by atoms with Gasteiger partial charge in [-0.2, -0.15) is 0 Å². The normalized spacial score (nSPS) is 19.9. The molecule has 6 heteroatoms. The van der Waals surface area contributed by atoms with Gasteiger partial charge in [0.1, 0.15) is 0 Å². The summed E-state index contributed by atoms with van der Waals surface area (Å²) in [4.78, 5) is 2.55. The molecule has 0 aromatic carbocycles. The second-order valence-corrected chi connectivity index (χ2v) is 5.06. The zero-order valence-electron chi connectivity index (χ0n) is 10.5. The van der Waals surface area contributed by atoms with Crippen molar-refractivity contribution in [1.82, 2.24) is 14.9 Å². The largest absolute Gasteiger partial charge is 0.314 e. The van der Waals surface area contributed by atoms with Gasteiger partial charge in [0.25, 0.3) is 0 Å².